The van der Waals surface area contributed by atoms with Crippen LogP contribution in [0.5, 0.6) is 11.5 Å². The SMILES string of the molecule is OC1c2cc(OCc3ccccn3)ccc2OCC1Cc1ccccc1. The Balaban J connectivity index is 1.48. The first kappa shape index (κ1) is 16.6. The molecule has 132 valence electrons. The molecule has 1 N–H and O–H groups in total. The van der Waals surface area contributed by atoms with Crippen LogP contribution in [0.3, 0.4) is 0 Å². The number of aliphatic hydroxyl groups excluding tert-OH is 1. The monoisotopic (exact) mass is 347 g/mol. The van der Waals surface area contributed by atoms with Gasteiger partial charge in [0.1, 0.15) is 18.1 Å². The van der Waals surface area contributed by atoms with Gasteiger partial charge in [-0.15, -0.1) is 0 Å². The Hall–Kier alpha value is -2.85. The molecule has 2 atom stereocenters. The number of aliphatic hydroxyl groups is 1. The lowest BCUT2D eigenvalue weighted by molar-refractivity contribution is 0.0504. The summed E-state index contributed by atoms with van der Waals surface area (Å²) in [5, 5.41) is 10.8. The van der Waals surface area contributed by atoms with E-state index < -0.39 is 6.10 Å². The Bertz CT molecular complexity index is 852. The van der Waals surface area contributed by atoms with Crippen LogP contribution in [0.2, 0.25) is 0 Å². The van der Waals surface area contributed by atoms with E-state index in [9.17, 15) is 5.11 Å². The van der Waals surface area contributed by atoms with Crippen molar-refractivity contribution < 1.29 is 14.6 Å². The predicted molar refractivity (Wildman–Crippen MR) is 99.1 cm³/mol. The Kier molecular flexibility index (Phi) is 4.84. The lowest BCUT2D eigenvalue weighted by Gasteiger charge is -2.30. The van der Waals surface area contributed by atoms with E-state index >= 15 is 0 Å². The Morgan fingerprint density at radius 3 is 2.69 bits per heavy atom. The van der Waals surface area contributed by atoms with Gasteiger partial charge in [0.05, 0.1) is 18.4 Å². The lowest BCUT2D eigenvalue weighted by Crippen LogP contribution is -2.27. The Morgan fingerprint density at radius 1 is 1.04 bits per heavy atom. The van der Waals surface area contributed by atoms with Crippen molar-refractivity contribution >= 4 is 0 Å². The zero-order valence-electron chi connectivity index (χ0n) is 14.4. The number of hydrogen-bond donors (Lipinski definition) is 1. The normalized spacial score (nSPS) is 18.7. The molecule has 1 aliphatic heterocycles. The molecule has 0 aliphatic carbocycles. The standard InChI is InChI=1S/C22H21NO3/c24-22-17(12-16-6-2-1-3-7-16)14-26-21-10-9-19(13-20(21)22)25-15-18-8-4-5-11-23-18/h1-11,13,17,22,24H,12,14-15H2. The molecule has 2 heterocycles. The van der Waals surface area contributed by atoms with Crippen LogP contribution >= 0.6 is 0 Å². The molecule has 4 rings (SSSR count). The van der Waals surface area contributed by atoms with Crippen molar-refractivity contribution in [3.8, 4) is 11.5 Å². The summed E-state index contributed by atoms with van der Waals surface area (Å²) in [6.07, 6.45) is 1.95. The van der Waals surface area contributed by atoms with Crippen molar-refractivity contribution in [1.29, 1.82) is 0 Å². The fourth-order valence-electron chi connectivity index (χ4n) is 3.25. The van der Waals surface area contributed by atoms with Gasteiger partial charge in [-0.2, -0.15) is 0 Å². The molecule has 0 saturated carbocycles. The lowest BCUT2D eigenvalue weighted by atomic mass is 9.88. The summed E-state index contributed by atoms with van der Waals surface area (Å²) in [4.78, 5) is 4.26. The van der Waals surface area contributed by atoms with Gasteiger partial charge in [-0.25, -0.2) is 0 Å². The summed E-state index contributed by atoms with van der Waals surface area (Å²) in [5.74, 6) is 1.46. The maximum atomic E-state index is 10.8. The van der Waals surface area contributed by atoms with E-state index in [1.54, 1.807) is 6.20 Å². The second-order valence-corrected chi connectivity index (χ2v) is 6.52. The van der Waals surface area contributed by atoms with Crippen LogP contribution in [0.15, 0.2) is 72.9 Å². The largest absolute Gasteiger partial charge is 0.493 e. The Labute approximate surface area is 153 Å². The second-order valence-electron chi connectivity index (χ2n) is 6.52. The van der Waals surface area contributed by atoms with Crippen LogP contribution < -0.4 is 9.47 Å². The topological polar surface area (TPSA) is 51.6 Å². The highest BCUT2D eigenvalue weighted by molar-refractivity contribution is 5.43. The van der Waals surface area contributed by atoms with Gasteiger partial charge in [-0.3, -0.25) is 4.98 Å². The molecule has 0 saturated heterocycles. The van der Waals surface area contributed by atoms with E-state index in [4.69, 9.17) is 9.47 Å². The highest BCUT2D eigenvalue weighted by atomic mass is 16.5. The summed E-state index contributed by atoms with van der Waals surface area (Å²) in [7, 11) is 0. The van der Waals surface area contributed by atoms with Gasteiger partial charge in [0.2, 0.25) is 0 Å². The third-order valence-corrected chi connectivity index (χ3v) is 4.65. The van der Waals surface area contributed by atoms with Crippen LogP contribution in [0.1, 0.15) is 22.9 Å². The minimum Gasteiger partial charge on any atom is -0.493 e. The third-order valence-electron chi connectivity index (χ3n) is 4.65. The molecule has 0 spiro atoms. The zero-order valence-corrected chi connectivity index (χ0v) is 14.4. The van der Waals surface area contributed by atoms with Gasteiger partial charge < -0.3 is 14.6 Å². The maximum Gasteiger partial charge on any atom is 0.130 e. The van der Waals surface area contributed by atoms with Gasteiger partial charge in [-0.1, -0.05) is 36.4 Å². The summed E-state index contributed by atoms with van der Waals surface area (Å²) in [6.45, 7) is 0.904. The highest BCUT2D eigenvalue weighted by Crippen LogP contribution is 2.39. The first-order valence-electron chi connectivity index (χ1n) is 8.81. The summed E-state index contributed by atoms with van der Waals surface area (Å²) < 4.78 is 11.7. The number of ether oxygens (including phenoxy) is 2. The van der Waals surface area contributed by atoms with Gasteiger partial charge in [0, 0.05) is 17.7 Å². The number of pyridine rings is 1. The third kappa shape index (κ3) is 3.70. The van der Waals surface area contributed by atoms with Crippen LogP contribution in [-0.2, 0) is 13.0 Å². The fourth-order valence-corrected chi connectivity index (χ4v) is 3.25. The molecule has 0 amide bonds. The molecule has 3 aromatic rings. The van der Waals surface area contributed by atoms with Crippen molar-refractivity contribution in [1.82, 2.24) is 4.98 Å². The van der Waals surface area contributed by atoms with Crippen LogP contribution in [0.25, 0.3) is 0 Å². The maximum absolute atomic E-state index is 10.8. The molecule has 4 nitrogen and oxygen atoms in total. The van der Waals surface area contributed by atoms with Crippen LogP contribution in [0.4, 0.5) is 0 Å². The molecule has 1 aliphatic rings. The first-order chi connectivity index (χ1) is 12.8. The molecule has 26 heavy (non-hydrogen) atoms. The summed E-state index contributed by atoms with van der Waals surface area (Å²) in [5.41, 5.74) is 2.85. The average molecular weight is 347 g/mol. The molecule has 0 fully saturated rings. The van der Waals surface area contributed by atoms with E-state index in [2.05, 4.69) is 17.1 Å². The fraction of sp³-hybridized carbons (Fsp3) is 0.227. The van der Waals surface area contributed by atoms with E-state index in [-0.39, 0.29) is 5.92 Å². The summed E-state index contributed by atoms with van der Waals surface area (Å²) >= 11 is 0. The molecular formula is C22H21NO3. The van der Waals surface area contributed by atoms with Gasteiger partial charge in [0.15, 0.2) is 0 Å². The summed E-state index contributed by atoms with van der Waals surface area (Å²) in [6, 6.07) is 21.5. The van der Waals surface area contributed by atoms with E-state index in [0.717, 1.165) is 23.4 Å². The minimum absolute atomic E-state index is 0.0240. The Morgan fingerprint density at radius 2 is 1.88 bits per heavy atom. The van der Waals surface area contributed by atoms with Crippen LogP contribution in [0, 0.1) is 5.92 Å². The molecular weight excluding hydrogens is 326 g/mol. The van der Waals surface area contributed by atoms with Crippen molar-refractivity contribution in [2.24, 2.45) is 5.92 Å². The van der Waals surface area contributed by atoms with Crippen molar-refractivity contribution in [2.75, 3.05) is 6.61 Å². The number of rotatable bonds is 5. The van der Waals surface area contributed by atoms with E-state index in [1.165, 1.54) is 5.56 Å². The molecule has 2 aromatic carbocycles. The number of aromatic nitrogens is 1. The molecule has 4 heteroatoms. The minimum atomic E-state index is -0.572. The average Bonchev–Trinajstić information content (AvgIpc) is 2.70. The highest BCUT2D eigenvalue weighted by Gasteiger charge is 2.30. The van der Waals surface area contributed by atoms with Gasteiger partial charge in [0.25, 0.3) is 0 Å². The second kappa shape index (κ2) is 7.58. The van der Waals surface area contributed by atoms with E-state index in [0.29, 0.717) is 19.0 Å². The number of nitrogens with zero attached hydrogens (tertiary/aromatic N) is 1. The van der Waals surface area contributed by atoms with Crippen molar-refractivity contribution in [2.45, 2.75) is 19.1 Å². The zero-order chi connectivity index (χ0) is 17.8. The van der Waals surface area contributed by atoms with Gasteiger partial charge in [-0.05, 0) is 42.3 Å². The number of benzene rings is 2. The first-order valence-corrected chi connectivity index (χ1v) is 8.81. The van der Waals surface area contributed by atoms with Crippen molar-refractivity contribution in [3.63, 3.8) is 0 Å². The molecule has 1 aromatic heterocycles. The number of fused-ring (bicyclic) bond motifs is 1. The number of hydrogen-bond acceptors (Lipinski definition) is 4. The molecule has 0 radical (unpaired) electrons. The van der Waals surface area contributed by atoms with Crippen LogP contribution in [-0.4, -0.2) is 16.7 Å². The predicted octanol–water partition coefficient (Wildman–Crippen LogP) is 3.95. The quantitative estimate of drug-likeness (QED) is 0.759. The van der Waals surface area contributed by atoms with E-state index in [1.807, 2.05) is 54.6 Å². The molecule has 2 unspecified atom stereocenters. The smallest absolute Gasteiger partial charge is 0.130 e. The van der Waals surface area contributed by atoms with Gasteiger partial charge >= 0.3 is 0 Å². The van der Waals surface area contributed by atoms with Crippen molar-refractivity contribution in [3.05, 3.63) is 89.7 Å². The molecule has 0 bridgehead atoms.